The van der Waals surface area contributed by atoms with Crippen LogP contribution in [0.4, 0.5) is 0 Å². The summed E-state index contributed by atoms with van der Waals surface area (Å²) in [6.07, 6.45) is 8.38. The van der Waals surface area contributed by atoms with Crippen LogP contribution in [-0.2, 0) is 9.47 Å². The zero-order valence-corrected chi connectivity index (χ0v) is 10.8. The van der Waals surface area contributed by atoms with E-state index in [9.17, 15) is 0 Å². The second-order valence-electron chi connectivity index (χ2n) is 4.51. The number of hydrogen-bond donors (Lipinski definition) is 0. The predicted molar refractivity (Wildman–Crippen MR) is 65.0 cm³/mol. The molecule has 2 fully saturated rings. The number of hydrogen-bond acceptors (Lipinski definition) is 2. The van der Waals surface area contributed by atoms with E-state index in [0.29, 0.717) is 6.10 Å². The summed E-state index contributed by atoms with van der Waals surface area (Å²) in [5, 5.41) is 0. The molecule has 0 amide bonds. The SMILES string of the molecule is ICC1(OC2COC2)CCCCCC1. The summed E-state index contributed by atoms with van der Waals surface area (Å²) in [5.74, 6) is 0. The summed E-state index contributed by atoms with van der Waals surface area (Å²) in [7, 11) is 0. The summed E-state index contributed by atoms with van der Waals surface area (Å²) in [6.45, 7) is 1.64. The maximum absolute atomic E-state index is 6.21. The summed E-state index contributed by atoms with van der Waals surface area (Å²) >= 11 is 2.48. The lowest BCUT2D eigenvalue weighted by Gasteiger charge is -2.38. The minimum absolute atomic E-state index is 0.186. The largest absolute Gasteiger partial charge is 0.376 e. The molecule has 1 saturated heterocycles. The van der Waals surface area contributed by atoms with Crippen molar-refractivity contribution < 1.29 is 9.47 Å². The van der Waals surface area contributed by atoms with E-state index in [4.69, 9.17) is 9.47 Å². The fourth-order valence-corrected chi connectivity index (χ4v) is 3.23. The zero-order valence-electron chi connectivity index (χ0n) is 8.64. The van der Waals surface area contributed by atoms with Crippen LogP contribution in [0.3, 0.4) is 0 Å². The van der Waals surface area contributed by atoms with Gasteiger partial charge in [-0.05, 0) is 12.8 Å². The molecule has 0 aromatic rings. The van der Waals surface area contributed by atoms with Gasteiger partial charge < -0.3 is 9.47 Å². The van der Waals surface area contributed by atoms with Crippen molar-refractivity contribution in [1.29, 1.82) is 0 Å². The Labute approximate surface area is 99.9 Å². The van der Waals surface area contributed by atoms with Crippen molar-refractivity contribution in [3.8, 4) is 0 Å². The van der Waals surface area contributed by atoms with Gasteiger partial charge in [-0.25, -0.2) is 0 Å². The van der Waals surface area contributed by atoms with Gasteiger partial charge in [0.15, 0.2) is 0 Å². The summed E-state index contributed by atoms with van der Waals surface area (Å²) in [5.41, 5.74) is 0.186. The topological polar surface area (TPSA) is 18.5 Å². The third-order valence-electron chi connectivity index (χ3n) is 3.28. The average molecular weight is 310 g/mol. The third kappa shape index (κ3) is 2.61. The van der Waals surface area contributed by atoms with Crippen LogP contribution >= 0.6 is 22.6 Å². The standard InChI is InChI=1S/C11H19IO2/c12-9-11(14-10-7-13-8-10)5-3-1-2-4-6-11/h10H,1-9H2. The molecule has 1 aliphatic heterocycles. The van der Waals surface area contributed by atoms with Crippen LogP contribution in [0.15, 0.2) is 0 Å². The molecule has 0 atom stereocenters. The van der Waals surface area contributed by atoms with Crippen molar-refractivity contribution >= 4 is 22.6 Å². The molecule has 1 aliphatic carbocycles. The predicted octanol–water partition coefficient (Wildman–Crippen LogP) is 2.93. The molecule has 0 unspecified atom stereocenters. The first kappa shape index (κ1) is 11.1. The Bertz CT molecular complexity index is 172. The lowest BCUT2D eigenvalue weighted by atomic mass is 9.96. The summed E-state index contributed by atoms with van der Waals surface area (Å²) < 4.78 is 12.5. The van der Waals surface area contributed by atoms with Crippen LogP contribution < -0.4 is 0 Å². The van der Waals surface area contributed by atoms with Gasteiger partial charge in [0, 0.05) is 4.43 Å². The Hall–Kier alpha value is 0.650. The monoisotopic (exact) mass is 310 g/mol. The Morgan fingerprint density at radius 3 is 2.21 bits per heavy atom. The van der Waals surface area contributed by atoms with Gasteiger partial charge in [0.05, 0.1) is 18.8 Å². The molecule has 1 heterocycles. The van der Waals surface area contributed by atoms with Gasteiger partial charge >= 0.3 is 0 Å². The van der Waals surface area contributed by atoms with E-state index in [1.165, 1.54) is 38.5 Å². The highest BCUT2D eigenvalue weighted by Crippen LogP contribution is 2.34. The maximum Gasteiger partial charge on any atom is 0.105 e. The van der Waals surface area contributed by atoms with Crippen molar-refractivity contribution in [2.75, 3.05) is 17.6 Å². The molecule has 2 rings (SSSR count). The first-order chi connectivity index (χ1) is 6.85. The van der Waals surface area contributed by atoms with E-state index in [-0.39, 0.29) is 5.60 Å². The van der Waals surface area contributed by atoms with Crippen LogP contribution in [0, 0.1) is 0 Å². The molecule has 82 valence electrons. The molecule has 1 saturated carbocycles. The fourth-order valence-electron chi connectivity index (χ4n) is 2.29. The first-order valence-electron chi connectivity index (χ1n) is 5.66. The molecule has 3 heteroatoms. The van der Waals surface area contributed by atoms with Gasteiger partial charge in [-0.2, -0.15) is 0 Å². The second kappa shape index (κ2) is 5.12. The van der Waals surface area contributed by atoms with Crippen LogP contribution in [-0.4, -0.2) is 29.3 Å². The maximum atomic E-state index is 6.21. The van der Waals surface area contributed by atoms with E-state index in [1.807, 2.05) is 0 Å². The Kier molecular flexibility index (Phi) is 4.08. The highest BCUT2D eigenvalue weighted by atomic mass is 127. The molecule has 0 aromatic heterocycles. The van der Waals surface area contributed by atoms with Crippen LogP contribution in [0.5, 0.6) is 0 Å². The van der Waals surface area contributed by atoms with E-state index >= 15 is 0 Å². The zero-order chi connectivity index (χ0) is 9.86. The number of halogens is 1. The average Bonchev–Trinajstić information content (AvgIpc) is 2.38. The molecule has 0 aromatic carbocycles. The molecular formula is C11H19IO2. The Morgan fingerprint density at radius 1 is 1.14 bits per heavy atom. The second-order valence-corrected chi connectivity index (χ2v) is 5.27. The Morgan fingerprint density at radius 2 is 1.79 bits per heavy atom. The van der Waals surface area contributed by atoms with Gasteiger partial charge in [0.25, 0.3) is 0 Å². The molecule has 0 spiro atoms. The van der Waals surface area contributed by atoms with E-state index in [0.717, 1.165) is 17.6 Å². The van der Waals surface area contributed by atoms with E-state index in [2.05, 4.69) is 22.6 Å². The molecule has 0 radical (unpaired) electrons. The number of ether oxygens (including phenoxy) is 2. The highest BCUT2D eigenvalue weighted by Gasteiger charge is 2.35. The lowest BCUT2D eigenvalue weighted by Crippen LogP contribution is -2.46. The van der Waals surface area contributed by atoms with Crippen LogP contribution in [0.1, 0.15) is 38.5 Å². The third-order valence-corrected chi connectivity index (χ3v) is 4.67. The summed E-state index contributed by atoms with van der Waals surface area (Å²) in [6, 6.07) is 0. The van der Waals surface area contributed by atoms with Crippen LogP contribution in [0.2, 0.25) is 0 Å². The van der Waals surface area contributed by atoms with Crippen molar-refractivity contribution in [1.82, 2.24) is 0 Å². The quantitative estimate of drug-likeness (QED) is 0.453. The van der Waals surface area contributed by atoms with Gasteiger partial charge in [-0.1, -0.05) is 48.3 Å². The minimum atomic E-state index is 0.186. The number of alkyl halides is 1. The van der Waals surface area contributed by atoms with E-state index in [1.54, 1.807) is 0 Å². The van der Waals surface area contributed by atoms with Gasteiger partial charge in [-0.3, -0.25) is 0 Å². The van der Waals surface area contributed by atoms with Crippen molar-refractivity contribution in [2.24, 2.45) is 0 Å². The molecule has 14 heavy (non-hydrogen) atoms. The summed E-state index contributed by atoms with van der Waals surface area (Å²) in [4.78, 5) is 0. The van der Waals surface area contributed by atoms with Crippen LogP contribution in [0.25, 0.3) is 0 Å². The van der Waals surface area contributed by atoms with Crippen molar-refractivity contribution in [3.63, 3.8) is 0 Å². The molecule has 0 bridgehead atoms. The minimum Gasteiger partial charge on any atom is -0.376 e. The fraction of sp³-hybridized carbons (Fsp3) is 1.00. The molecule has 0 N–H and O–H groups in total. The smallest absolute Gasteiger partial charge is 0.105 e. The van der Waals surface area contributed by atoms with Crippen molar-refractivity contribution in [2.45, 2.75) is 50.2 Å². The van der Waals surface area contributed by atoms with Gasteiger partial charge in [0.1, 0.15) is 6.10 Å². The van der Waals surface area contributed by atoms with E-state index < -0.39 is 0 Å². The molecule has 2 aliphatic rings. The normalized spacial score (nSPS) is 28.1. The van der Waals surface area contributed by atoms with Gasteiger partial charge in [-0.15, -0.1) is 0 Å². The van der Waals surface area contributed by atoms with Crippen molar-refractivity contribution in [3.05, 3.63) is 0 Å². The number of rotatable bonds is 3. The lowest BCUT2D eigenvalue weighted by molar-refractivity contribution is -0.188. The highest BCUT2D eigenvalue weighted by molar-refractivity contribution is 14.1. The Balaban J connectivity index is 1.90. The molecular weight excluding hydrogens is 291 g/mol. The first-order valence-corrected chi connectivity index (χ1v) is 7.19. The van der Waals surface area contributed by atoms with Gasteiger partial charge in [0.2, 0.25) is 0 Å². The molecule has 2 nitrogen and oxygen atoms in total.